The van der Waals surface area contributed by atoms with E-state index in [4.69, 9.17) is 5.11 Å². The summed E-state index contributed by atoms with van der Waals surface area (Å²) in [6.45, 7) is -0.750. The van der Waals surface area contributed by atoms with Crippen LogP contribution in [0.2, 0.25) is 0 Å². The summed E-state index contributed by atoms with van der Waals surface area (Å²) in [5.74, 6) is -5.69. The number of likely N-dealkylation sites (tertiary alicyclic amines) is 1. The van der Waals surface area contributed by atoms with Crippen molar-refractivity contribution in [1.82, 2.24) is 10.2 Å². The summed E-state index contributed by atoms with van der Waals surface area (Å²) in [6, 6.07) is 0. The van der Waals surface area contributed by atoms with Gasteiger partial charge < -0.3 is 15.3 Å². The molecule has 130 valence electrons. The summed E-state index contributed by atoms with van der Waals surface area (Å²) in [5, 5.41) is 11.6. The van der Waals surface area contributed by atoms with E-state index >= 15 is 0 Å². The lowest BCUT2D eigenvalue weighted by Gasteiger charge is -2.18. The molecule has 2 atom stereocenters. The maximum atomic E-state index is 12.8. The molecule has 0 radical (unpaired) electrons. The quantitative estimate of drug-likeness (QED) is 0.709. The third-order valence-corrected chi connectivity index (χ3v) is 4.22. The number of hydrogen-bond donors (Lipinski definition) is 2. The Morgan fingerprint density at radius 1 is 1.17 bits per heavy atom. The van der Waals surface area contributed by atoms with Gasteiger partial charge in [-0.25, -0.2) is 0 Å². The average Bonchev–Trinajstić information content (AvgIpc) is 3.19. The van der Waals surface area contributed by atoms with Gasteiger partial charge in [0.2, 0.25) is 11.8 Å². The number of hydrogen-bond acceptors (Lipinski definition) is 3. The second-order valence-electron chi connectivity index (χ2n) is 6.06. The van der Waals surface area contributed by atoms with Crippen LogP contribution in [0.15, 0.2) is 0 Å². The van der Waals surface area contributed by atoms with Crippen molar-refractivity contribution >= 4 is 17.8 Å². The van der Waals surface area contributed by atoms with Gasteiger partial charge in [-0.2, -0.15) is 13.2 Å². The second kappa shape index (κ2) is 6.76. The zero-order valence-electron chi connectivity index (χ0n) is 12.4. The van der Waals surface area contributed by atoms with Crippen molar-refractivity contribution in [3.63, 3.8) is 0 Å². The highest BCUT2D eigenvalue weighted by atomic mass is 19.4. The van der Waals surface area contributed by atoms with Crippen LogP contribution in [-0.4, -0.2) is 53.6 Å². The number of nitrogens with one attached hydrogen (secondary N) is 1. The van der Waals surface area contributed by atoms with Gasteiger partial charge in [0.05, 0.1) is 11.8 Å². The summed E-state index contributed by atoms with van der Waals surface area (Å²) in [7, 11) is 0. The van der Waals surface area contributed by atoms with Crippen LogP contribution in [-0.2, 0) is 14.4 Å². The number of aliphatic carboxylic acids is 1. The fraction of sp³-hybridized carbons (Fsp3) is 0.786. The number of rotatable bonds is 6. The Balaban J connectivity index is 1.78. The van der Waals surface area contributed by atoms with E-state index in [1.165, 1.54) is 0 Å². The third-order valence-electron chi connectivity index (χ3n) is 4.22. The molecule has 0 aromatic rings. The highest BCUT2D eigenvalue weighted by Gasteiger charge is 2.53. The summed E-state index contributed by atoms with van der Waals surface area (Å²) in [5.41, 5.74) is 0. The number of alkyl halides is 3. The Morgan fingerprint density at radius 2 is 1.83 bits per heavy atom. The van der Waals surface area contributed by atoms with Crippen molar-refractivity contribution in [1.29, 1.82) is 0 Å². The largest absolute Gasteiger partial charge is 0.481 e. The fourth-order valence-electron chi connectivity index (χ4n) is 2.69. The molecule has 1 saturated carbocycles. The van der Waals surface area contributed by atoms with Gasteiger partial charge in [-0.3, -0.25) is 14.4 Å². The van der Waals surface area contributed by atoms with Crippen molar-refractivity contribution in [3.8, 4) is 0 Å². The van der Waals surface area contributed by atoms with Crippen molar-refractivity contribution in [2.45, 2.75) is 31.9 Å². The van der Waals surface area contributed by atoms with Crippen molar-refractivity contribution in [2.75, 3.05) is 19.6 Å². The van der Waals surface area contributed by atoms with Crippen LogP contribution in [0.1, 0.15) is 25.7 Å². The standard InChI is InChI=1S/C14H19F3N2O4/c15-14(16,17)10-7-19(6-9(10)13(22)23)11(20)2-1-5-18-12(21)8-3-4-8/h8-10H,1-7H2,(H,18,21)(H,22,23)/t9-,10-/m1/s1. The Bertz CT molecular complexity index is 491. The van der Waals surface area contributed by atoms with Gasteiger partial charge >= 0.3 is 12.1 Å². The molecule has 6 nitrogen and oxygen atoms in total. The van der Waals surface area contributed by atoms with E-state index in [1.54, 1.807) is 0 Å². The van der Waals surface area contributed by atoms with Crippen LogP contribution in [0.3, 0.4) is 0 Å². The highest BCUT2D eigenvalue weighted by molar-refractivity contribution is 5.81. The lowest BCUT2D eigenvalue weighted by Crippen LogP contribution is -2.34. The third kappa shape index (κ3) is 4.59. The number of halogens is 3. The first-order valence-corrected chi connectivity index (χ1v) is 7.55. The van der Waals surface area contributed by atoms with E-state index in [0.29, 0.717) is 13.0 Å². The smallest absolute Gasteiger partial charge is 0.394 e. The zero-order valence-corrected chi connectivity index (χ0v) is 12.4. The molecule has 1 aliphatic carbocycles. The molecule has 2 rings (SSSR count). The van der Waals surface area contributed by atoms with Crippen molar-refractivity contribution in [3.05, 3.63) is 0 Å². The number of nitrogens with zero attached hydrogens (tertiary/aromatic N) is 1. The first-order valence-electron chi connectivity index (χ1n) is 7.55. The molecular formula is C14H19F3N2O4. The van der Waals surface area contributed by atoms with Crippen LogP contribution >= 0.6 is 0 Å². The van der Waals surface area contributed by atoms with Gasteiger partial charge in [0.1, 0.15) is 0 Å². The molecule has 23 heavy (non-hydrogen) atoms. The average molecular weight is 336 g/mol. The lowest BCUT2D eigenvalue weighted by atomic mass is 9.96. The first-order chi connectivity index (χ1) is 10.7. The maximum Gasteiger partial charge on any atom is 0.394 e. The van der Waals surface area contributed by atoms with Gasteiger partial charge in [0.15, 0.2) is 0 Å². The van der Waals surface area contributed by atoms with Crippen LogP contribution in [0.5, 0.6) is 0 Å². The fourth-order valence-corrected chi connectivity index (χ4v) is 2.69. The molecule has 2 amide bonds. The van der Waals surface area contributed by atoms with Crippen molar-refractivity contribution < 1.29 is 32.7 Å². The van der Waals surface area contributed by atoms with Crippen LogP contribution in [0.4, 0.5) is 13.2 Å². The minimum Gasteiger partial charge on any atom is -0.481 e. The molecule has 9 heteroatoms. The van der Waals surface area contributed by atoms with Gasteiger partial charge in [-0.05, 0) is 19.3 Å². The van der Waals surface area contributed by atoms with Gasteiger partial charge in [-0.15, -0.1) is 0 Å². The molecule has 1 heterocycles. The van der Waals surface area contributed by atoms with Crippen LogP contribution in [0, 0.1) is 17.8 Å². The molecule has 2 fully saturated rings. The monoisotopic (exact) mass is 336 g/mol. The van der Waals surface area contributed by atoms with Crippen molar-refractivity contribution in [2.24, 2.45) is 17.8 Å². The molecule has 0 unspecified atom stereocenters. The van der Waals surface area contributed by atoms with E-state index in [-0.39, 0.29) is 18.2 Å². The molecular weight excluding hydrogens is 317 g/mol. The van der Waals surface area contributed by atoms with E-state index in [1.807, 2.05) is 0 Å². The van der Waals surface area contributed by atoms with Crippen LogP contribution in [0.25, 0.3) is 0 Å². The molecule has 0 bridgehead atoms. The normalized spacial score (nSPS) is 24.6. The second-order valence-corrected chi connectivity index (χ2v) is 6.06. The van der Waals surface area contributed by atoms with E-state index in [0.717, 1.165) is 17.7 Å². The Labute approximate surface area is 131 Å². The lowest BCUT2D eigenvalue weighted by molar-refractivity contribution is -0.188. The van der Waals surface area contributed by atoms with E-state index in [2.05, 4.69) is 5.32 Å². The molecule has 2 aliphatic rings. The molecule has 1 saturated heterocycles. The molecule has 0 aromatic carbocycles. The predicted octanol–water partition coefficient (Wildman–Crippen LogP) is 1.01. The molecule has 2 N–H and O–H groups in total. The number of carbonyl (C=O) groups excluding carboxylic acids is 2. The molecule has 1 aliphatic heterocycles. The minimum absolute atomic E-state index is 0.0120. The zero-order chi connectivity index (χ0) is 17.2. The number of amides is 2. The summed E-state index contributed by atoms with van der Waals surface area (Å²) in [6.07, 6.45) is -2.59. The number of carboxylic acid groups (broad SMARTS) is 1. The number of carboxylic acids is 1. The van der Waals surface area contributed by atoms with E-state index in [9.17, 15) is 27.6 Å². The van der Waals surface area contributed by atoms with Gasteiger partial charge in [0, 0.05) is 32.0 Å². The summed E-state index contributed by atoms with van der Waals surface area (Å²) >= 11 is 0. The van der Waals surface area contributed by atoms with Gasteiger partial charge in [-0.1, -0.05) is 0 Å². The highest BCUT2D eigenvalue weighted by Crippen LogP contribution is 2.37. The Morgan fingerprint density at radius 3 is 2.30 bits per heavy atom. The van der Waals surface area contributed by atoms with E-state index < -0.39 is 43.0 Å². The SMILES string of the molecule is O=C(NCCCC(=O)N1C[C@@H](C(F)(F)F)[C@H](C(=O)O)C1)C1CC1. The molecule has 0 aromatic heterocycles. The Kier molecular flexibility index (Phi) is 5.16. The summed E-state index contributed by atoms with van der Waals surface area (Å²) < 4.78 is 38.5. The first kappa shape index (κ1) is 17.6. The topological polar surface area (TPSA) is 86.7 Å². The molecule has 0 spiro atoms. The predicted molar refractivity (Wildman–Crippen MR) is 72.2 cm³/mol. The summed E-state index contributed by atoms with van der Waals surface area (Å²) in [4.78, 5) is 35.2. The number of carbonyl (C=O) groups is 3. The minimum atomic E-state index is -4.64. The maximum absolute atomic E-state index is 12.8. The van der Waals surface area contributed by atoms with Crippen LogP contribution < -0.4 is 5.32 Å². The Hall–Kier alpha value is -1.80. The van der Waals surface area contributed by atoms with Gasteiger partial charge in [0.25, 0.3) is 0 Å².